The predicted octanol–water partition coefficient (Wildman–Crippen LogP) is 2.47. The maximum absolute atomic E-state index is 12.7. The monoisotopic (exact) mass is 414 g/mol. The molecule has 1 saturated heterocycles. The summed E-state index contributed by atoms with van der Waals surface area (Å²) in [7, 11) is 1.54. The summed E-state index contributed by atoms with van der Waals surface area (Å²) in [5, 5.41) is 18.0. The summed E-state index contributed by atoms with van der Waals surface area (Å²) in [5.41, 5.74) is 0.0807. The number of fused-ring (bicyclic) bond motifs is 2. The van der Waals surface area contributed by atoms with Crippen LogP contribution in [0.4, 0.5) is 4.79 Å². The summed E-state index contributed by atoms with van der Waals surface area (Å²) in [6, 6.07) is 12.3. The lowest BCUT2D eigenvalue weighted by molar-refractivity contribution is -0.122. The standard InChI is InChI=1S/C23H18N4O4/c1-31-17-5-4-16-12-27(20(28)18(16)11-17)13-23(21(29)25-22(30)26-23)8-6-14-2-3-15-7-9-24-19(15)10-14/h2-5,7,9-12,24,28H,13H2,1H3,(H2,25,26,29,30)/t23-/m1/s1. The number of aromatic hydroxyl groups is 1. The Bertz CT molecular complexity index is 1420. The Morgan fingerprint density at radius 1 is 1.13 bits per heavy atom. The van der Waals surface area contributed by atoms with E-state index in [0.717, 1.165) is 16.3 Å². The van der Waals surface area contributed by atoms with Crippen LogP contribution in [0.2, 0.25) is 0 Å². The zero-order chi connectivity index (χ0) is 21.6. The summed E-state index contributed by atoms with van der Waals surface area (Å²) in [4.78, 5) is 27.8. The molecule has 5 rings (SSSR count). The average Bonchev–Trinajstić information content (AvgIpc) is 3.43. The number of methoxy groups -OCH3 is 1. The molecule has 2 aromatic carbocycles. The van der Waals surface area contributed by atoms with Crippen LogP contribution in [0, 0.1) is 11.8 Å². The van der Waals surface area contributed by atoms with Gasteiger partial charge in [-0.3, -0.25) is 10.1 Å². The molecule has 2 aromatic heterocycles. The predicted molar refractivity (Wildman–Crippen MR) is 115 cm³/mol. The van der Waals surface area contributed by atoms with Gasteiger partial charge < -0.3 is 24.7 Å². The molecule has 1 aliphatic heterocycles. The fourth-order valence-electron chi connectivity index (χ4n) is 3.76. The third-order valence-corrected chi connectivity index (χ3v) is 5.39. The number of nitrogens with zero attached hydrogens (tertiary/aromatic N) is 1. The number of aromatic nitrogens is 2. The number of carbonyl (C=O) groups excluding carboxylic acids is 2. The third kappa shape index (κ3) is 3.13. The summed E-state index contributed by atoms with van der Waals surface area (Å²) < 4.78 is 6.71. The number of urea groups is 1. The van der Waals surface area contributed by atoms with Gasteiger partial charge in [0, 0.05) is 34.2 Å². The van der Waals surface area contributed by atoms with E-state index in [4.69, 9.17) is 4.74 Å². The lowest BCUT2D eigenvalue weighted by atomic mass is 9.99. The number of aromatic amines is 1. The summed E-state index contributed by atoms with van der Waals surface area (Å²) >= 11 is 0. The highest BCUT2D eigenvalue weighted by Crippen LogP contribution is 2.32. The molecule has 0 unspecified atom stereocenters. The van der Waals surface area contributed by atoms with Gasteiger partial charge >= 0.3 is 6.03 Å². The first-order valence-corrected chi connectivity index (χ1v) is 9.57. The van der Waals surface area contributed by atoms with Crippen molar-refractivity contribution in [3.63, 3.8) is 0 Å². The van der Waals surface area contributed by atoms with Gasteiger partial charge in [0.1, 0.15) is 5.75 Å². The van der Waals surface area contributed by atoms with Gasteiger partial charge in [0.05, 0.1) is 13.7 Å². The molecule has 3 heterocycles. The number of H-pyrrole nitrogens is 1. The second-order valence-corrected chi connectivity index (χ2v) is 7.38. The fourth-order valence-corrected chi connectivity index (χ4v) is 3.76. The van der Waals surface area contributed by atoms with Crippen LogP contribution in [-0.2, 0) is 11.3 Å². The van der Waals surface area contributed by atoms with Crippen molar-refractivity contribution in [3.05, 3.63) is 60.4 Å². The fraction of sp³-hybridized carbons (Fsp3) is 0.130. The Morgan fingerprint density at radius 3 is 2.74 bits per heavy atom. The van der Waals surface area contributed by atoms with Crippen LogP contribution >= 0.6 is 0 Å². The Labute approximate surface area is 176 Å². The number of rotatable bonds is 3. The summed E-state index contributed by atoms with van der Waals surface area (Å²) in [6.07, 6.45) is 3.54. The minimum atomic E-state index is -1.53. The quantitative estimate of drug-likeness (QED) is 0.305. The zero-order valence-electron chi connectivity index (χ0n) is 16.5. The second-order valence-electron chi connectivity index (χ2n) is 7.38. The van der Waals surface area contributed by atoms with E-state index in [-0.39, 0.29) is 12.4 Å². The van der Waals surface area contributed by atoms with Gasteiger partial charge in [0.2, 0.25) is 5.54 Å². The highest BCUT2D eigenvalue weighted by atomic mass is 16.5. The molecule has 154 valence electrons. The topological polar surface area (TPSA) is 108 Å². The number of hydrogen-bond acceptors (Lipinski definition) is 4. The molecule has 0 radical (unpaired) electrons. The molecule has 0 aliphatic carbocycles. The second kappa shape index (κ2) is 6.85. The van der Waals surface area contributed by atoms with Crippen molar-refractivity contribution in [2.75, 3.05) is 7.11 Å². The number of nitrogens with one attached hydrogen (secondary N) is 3. The van der Waals surface area contributed by atoms with Crippen molar-refractivity contribution in [1.82, 2.24) is 20.2 Å². The van der Waals surface area contributed by atoms with E-state index >= 15 is 0 Å². The molecule has 8 nitrogen and oxygen atoms in total. The minimum absolute atomic E-state index is 0.0446. The molecule has 1 aliphatic rings. The maximum atomic E-state index is 12.7. The van der Waals surface area contributed by atoms with E-state index in [0.29, 0.717) is 16.7 Å². The molecule has 0 bridgehead atoms. The van der Waals surface area contributed by atoms with Crippen LogP contribution in [0.25, 0.3) is 21.7 Å². The van der Waals surface area contributed by atoms with E-state index in [1.54, 1.807) is 25.4 Å². The van der Waals surface area contributed by atoms with Crippen LogP contribution in [0.15, 0.2) is 54.9 Å². The SMILES string of the molecule is COc1ccc2cn(C[C@@]3(C#Cc4ccc5cc[nH]c5c4)NC(=O)NC3=O)c(O)c2c1. The Hall–Kier alpha value is -4.38. The van der Waals surface area contributed by atoms with Gasteiger partial charge in [0.25, 0.3) is 5.91 Å². The first kappa shape index (κ1) is 18.6. The number of carbonyl (C=O) groups is 2. The van der Waals surface area contributed by atoms with Crippen molar-refractivity contribution in [2.24, 2.45) is 0 Å². The van der Waals surface area contributed by atoms with Gasteiger partial charge in [-0.05, 0) is 41.8 Å². The van der Waals surface area contributed by atoms with E-state index in [1.165, 1.54) is 4.57 Å². The lowest BCUT2D eigenvalue weighted by Crippen LogP contribution is -2.49. The van der Waals surface area contributed by atoms with Gasteiger partial charge in [-0.25, -0.2) is 4.79 Å². The molecule has 4 aromatic rings. The van der Waals surface area contributed by atoms with Crippen LogP contribution in [-0.4, -0.2) is 39.2 Å². The Balaban J connectivity index is 1.56. The number of amides is 3. The summed E-state index contributed by atoms with van der Waals surface area (Å²) in [5.74, 6) is 5.90. The molecular formula is C23H18N4O4. The van der Waals surface area contributed by atoms with Crippen molar-refractivity contribution >= 4 is 33.6 Å². The van der Waals surface area contributed by atoms with Gasteiger partial charge in [-0.15, -0.1) is 0 Å². The van der Waals surface area contributed by atoms with Crippen molar-refractivity contribution in [2.45, 2.75) is 12.1 Å². The number of ether oxygens (including phenoxy) is 1. The molecule has 8 heteroatoms. The van der Waals surface area contributed by atoms with Gasteiger partial charge in [-0.1, -0.05) is 17.9 Å². The van der Waals surface area contributed by atoms with Gasteiger partial charge in [0.15, 0.2) is 5.88 Å². The van der Waals surface area contributed by atoms with E-state index in [2.05, 4.69) is 27.5 Å². The highest BCUT2D eigenvalue weighted by molar-refractivity contribution is 6.09. The van der Waals surface area contributed by atoms with Gasteiger partial charge in [-0.2, -0.15) is 0 Å². The van der Waals surface area contributed by atoms with Crippen molar-refractivity contribution < 1.29 is 19.4 Å². The molecule has 0 spiro atoms. The zero-order valence-corrected chi connectivity index (χ0v) is 16.5. The minimum Gasteiger partial charge on any atom is -0.497 e. The number of imide groups is 1. The summed E-state index contributed by atoms with van der Waals surface area (Å²) in [6.45, 7) is -0.0643. The maximum Gasteiger partial charge on any atom is 0.323 e. The van der Waals surface area contributed by atoms with E-state index < -0.39 is 17.5 Å². The van der Waals surface area contributed by atoms with Crippen molar-refractivity contribution in [3.8, 4) is 23.5 Å². The van der Waals surface area contributed by atoms with Crippen LogP contribution < -0.4 is 15.4 Å². The molecule has 4 N–H and O–H groups in total. The number of hydrogen-bond donors (Lipinski definition) is 4. The number of benzene rings is 2. The van der Waals surface area contributed by atoms with Crippen LogP contribution in [0.3, 0.4) is 0 Å². The van der Waals surface area contributed by atoms with Crippen LogP contribution in [0.5, 0.6) is 11.6 Å². The first-order valence-electron chi connectivity index (χ1n) is 9.57. The Kier molecular flexibility index (Phi) is 4.12. The third-order valence-electron chi connectivity index (χ3n) is 5.39. The van der Waals surface area contributed by atoms with Crippen LogP contribution in [0.1, 0.15) is 5.56 Å². The van der Waals surface area contributed by atoms with Crippen molar-refractivity contribution in [1.29, 1.82) is 0 Å². The van der Waals surface area contributed by atoms with E-state index in [1.807, 2.05) is 36.5 Å². The molecule has 31 heavy (non-hydrogen) atoms. The smallest absolute Gasteiger partial charge is 0.323 e. The largest absolute Gasteiger partial charge is 0.497 e. The molecule has 1 fully saturated rings. The first-order chi connectivity index (χ1) is 15.0. The molecule has 3 amide bonds. The normalized spacial score (nSPS) is 18.0. The molecule has 0 saturated carbocycles. The average molecular weight is 414 g/mol. The molecular weight excluding hydrogens is 396 g/mol. The lowest BCUT2D eigenvalue weighted by Gasteiger charge is -2.20. The highest BCUT2D eigenvalue weighted by Gasteiger charge is 2.46. The Morgan fingerprint density at radius 2 is 1.97 bits per heavy atom. The molecule has 1 atom stereocenters. The van der Waals surface area contributed by atoms with E-state index in [9.17, 15) is 14.7 Å².